The number of pyridine rings is 1. The normalized spacial score (nSPS) is 18.2. The molecule has 1 saturated heterocycles. The zero-order chi connectivity index (χ0) is 21.3. The minimum absolute atomic E-state index is 0.183. The van der Waals surface area contributed by atoms with Gasteiger partial charge in [0, 0.05) is 18.8 Å². The van der Waals surface area contributed by atoms with Crippen LogP contribution in [0, 0.1) is 6.92 Å². The maximum atomic E-state index is 11.7. The quantitative estimate of drug-likeness (QED) is 0.599. The highest BCUT2D eigenvalue weighted by Gasteiger charge is 2.42. The molecule has 0 radical (unpaired) electrons. The Balaban J connectivity index is 1.81. The van der Waals surface area contributed by atoms with Crippen molar-refractivity contribution in [3.63, 3.8) is 0 Å². The van der Waals surface area contributed by atoms with Crippen LogP contribution in [-0.2, 0) is 4.79 Å². The first-order valence-electron chi connectivity index (χ1n) is 9.50. The van der Waals surface area contributed by atoms with E-state index in [2.05, 4.69) is 15.6 Å². The van der Waals surface area contributed by atoms with Gasteiger partial charge in [-0.1, -0.05) is 6.07 Å². The van der Waals surface area contributed by atoms with Crippen molar-refractivity contribution >= 4 is 34.6 Å². The predicted octanol–water partition coefficient (Wildman–Crippen LogP) is 4.13. The van der Waals surface area contributed by atoms with E-state index < -0.39 is 0 Å². The van der Waals surface area contributed by atoms with Gasteiger partial charge in [0.1, 0.15) is 23.3 Å². The Kier molecular flexibility index (Phi) is 5.41. The number of ether oxygens (including phenoxy) is 1. The molecule has 0 saturated carbocycles. The van der Waals surface area contributed by atoms with Gasteiger partial charge in [-0.25, -0.2) is 0 Å². The molecule has 30 heavy (non-hydrogen) atoms. The summed E-state index contributed by atoms with van der Waals surface area (Å²) in [5.74, 6) is 1.97. The molecule has 2 N–H and O–H groups in total. The number of hydrogen-bond donors (Lipinski definition) is 2. The average Bonchev–Trinajstić information content (AvgIpc) is 3.31. The Morgan fingerprint density at radius 1 is 1.27 bits per heavy atom. The third-order valence-electron chi connectivity index (χ3n) is 4.92. The van der Waals surface area contributed by atoms with Gasteiger partial charge in [0.2, 0.25) is 5.91 Å². The van der Waals surface area contributed by atoms with Crippen molar-refractivity contribution in [1.82, 2.24) is 10.3 Å². The van der Waals surface area contributed by atoms with E-state index in [0.29, 0.717) is 16.5 Å². The van der Waals surface area contributed by atoms with Gasteiger partial charge in [-0.3, -0.25) is 9.78 Å². The average molecular weight is 423 g/mol. The molecule has 1 aliphatic rings. The van der Waals surface area contributed by atoms with E-state index in [-0.39, 0.29) is 18.0 Å². The van der Waals surface area contributed by atoms with Crippen LogP contribution in [0.1, 0.15) is 36.2 Å². The SMILES string of the molecule is COc1ccc(N2C(=S)N[C@H](c3ccccn3)[C@@H]2c2ccc(C)o2)cc1NC(C)=O. The van der Waals surface area contributed by atoms with Crippen LogP contribution in [0.25, 0.3) is 0 Å². The van der Waals surface area contributed by atoms with Crippen molar-refractivity contribution in [3.8, 4) is 5.75 Å². The molecule has 154 valence electrons. The second-order valence-corrected chi connectivity index (χ2v) is 7.40. The van der Waals surface area contributed by atoms with Gasteiger partial charge in [0.25, 0.3) is 0 Å². The van der Waals surface area contributed by atoms with Crippen LogP contribution in [-0.4, -0.2) is 23.1 Å². The number of nitrogens with zero attached hydrogens (tertiary/aromatic N) is 2. The van der Waals surface area contributed by atoms with Crippen LogP contribution < -0.4 is 20.3 Å². The first-order chi connectivity index (χ1) is 14.5. The number of hydrogen-bond acceptors (Lipinski definition) is 5. The van der Waals surface area contributed by atoms with Gasteiger partial charge in [-0.2, -0.15) is 0 Å². The van der Waals surface area contributed by atoms with Gasteiger partial charge in [0.15, 0.2) is 5.11 Å². The molecule has 8 heteroatoms. The minimum atomic E-state index is -0.250. The van der Waals surface area contributed by atoms with Crippen LogP contribution in [0.3, 0.4) is 0 Å². The molecule has 0 spiro atoms. The number of carbonyl (C=O) groups is 1. The molecule has 1 amide bonds. The highest BCUT2D eigenvalue weighted by molar-refractivity contribution is 7.80. The van der Waals surface area contributed by atoms with Gasteiger partial charge in [-0.15, -0.1) is 0 Å². The number of anilines is 2. The van der Waals surface area contributed by atoms with E-state index in [0.717, 1.165) is 22.9 Å². The summed E-state index contributed by atoms with van der Waals surface area (Å²) in [5, 5.41) is 6.74. The molecule has 4 rings (SSSR count). The van der Waals surface area contributed by atoms with Gasteiger partial charge >= 0.3 is 0 Å². The van der Waals surface area contributed by atoms with Gasteiger partial charge in [-0.05, 0) is 61.6 Å². The number of carbonyl (C=O) groups excluding carboxylic acids is 1. The number of thiocarbonyl (C=S) groups is 1. The Labute approximate surface area is 180 Å². The number of rotatable bonds is 5. The Morgan fingerprint density at radius 2 is 2.10 bits per heavy atom. The molecule has 2 atom stereocenters. The summed E-state index contributed by atoms with van der Waals surface area (Å²) < 4.78 is 11.4. The van der Waals surface area contributed by atoms with Crippen LogP contribution in [0.2, 0.25) is 0 Å². The molecule has 7 nitrogen and oxygen atoms in total. The maximum Gasteiger partial charge on any atom is 0.221 e. The molecule has 1 fully saturated rings. The minimum Gasteiger partial charge on any atom is -0.495 e. The Hall–Kier alpha value is -3.39. The van der Waals surface area contributed by atoms with Crippen molar-refractivity contribution in [2.45, 2.75) is 25.9 Å². The van der Waals surface area contributed by atoms with Gasteiger partial charge < -0.3 is 24.7 Å². The molecule has 1 aromatic carbocycles. The van der Waals surface area contributed by atoms with Gasteiger partial charge in [0.05, 0.1) is 24.5 Å². The summed E-state index contributed by atoms with van der Waals surface area (Å²) in [4.78, 5) is 18.2. The van der Waals surface area contributed by atoms with Crippen LogP contribution in [0.15, 0.2) is 59.1 Å². The fourth-order valence-corrected chi connectivity index (χ4v) is 4.01. The fourth-order valence-electron chi connectivity index (χ4n) is 3.67. The third kappa shape index (κ3) is 3.73. The number of aryl methyl sites for hydroxylation is 1. The molecular formula is C22H22N4O3S. The lowest BCUT2D eigenvalue weighted by atomic mass is 10.0. The fraction of sp³-hybridized carbons (Fsp3) is 0.227. The lowest BCUT2D eigenvalue weighted by Crippen LogP contribution is -2.29. The monoisotopic (exact) mass is 422 g/mol. The highest BCUT2D eigenvalue weighted by atomic mass is 32.1. The van der Waals surface area contributed by atoms with Crippen LogP contribution in [0.4, 0.5) is 11.4 Å². The molecule has 0 unspecified atom stereocenters. The Morgan fingerprint density at radius 3 is 2.73 bits per heavy atom. The zero-order valence-corrected chi connectivity index (χ0v) is 17.7. The van der Waals surface area contributed by atoms with Crippen molar-refractivity contribution in [2.24, 2.45) is 0 Å². The lowest BCUT2D eigenvalue weighted by Gasteiger charge is -2.27. The summed E-state index contributed by atoms with van der Waals surface area (Å²) in [5.41, 5.74) is 2.23. The molecule has 3 heterocycles. The molecular weight excluding hydrogens is 400 g/mol. The number of furan rings is 1. The van der Waals surface area contributed by atoms with Crippen LogP contribution >= 0.6 is 12.2 Å². The molecule has 2 aromatic heterocycles. The number of benzene rings is 1. The number of nitrogens with one attached hydrogen (secondary N) is 2. The number of amides is 1. The lowest BCUT2D eigenvalue weighted by molar-refractivity contribution is -0.114. The van der Waals surface area contributed by atoms with Crippen molar-refractivity contribution in [3.05, 3.63) is 71.9 Å². The van der Waals surface area contributed by atoms with E-state index >= 15 is 0 Å². The Bertz CT molecular complexity index is 1080. The van der Waals surface area contributed by atoms with Crippen molar-refractivity contribution < 1.29 is 13.9 Å². The third-order valence-corrected chi connectivity index (χ3v) is 5.24. The number of methoxy groups -OCH3 is 1. The summed E-state index contributed by atoms with van der Waals surface area (Å²) in [7, 11) is 1.56. The van der Waals surface area contributed by atoms with E-state index in [1.165, 1.54) is 6.92 Å². The summed E-state index contributed by atoms with van der Waals surface area (Å²) in [6, 6.07) is 14.8. The standard InChI is InChI=1S/C22H22N4O3S/c1-13-7-9-19(29-13)21-20(16-6-4-5-11-23-16)25-22(30)26(21)15-8-10-18(28-3)17(12-15)24-14(2)27/h4-12,20-21H,1-3H3,(H,24,27)(H,25,30)/t20-,21+/m1/s1. The molecule has 0 bridgehead atoms. The smallest absolute Gasteiger partial charge is 0.221 e. The van der Waals surface area contributed by atoms with Crippen LogP contribution in [0.5, 0.6) is 5.75 Å². The highest BCUT2D eigenvalue weighted by Crippen LogP contribution is 2.43. The topological polar surface area (TPSA) is 79.6 Å². The molecule has 0 aliphatic carbocycles. The predicted molar refractivity (Wildman–Crippen MR) is 119 cm³/mol. The molecule has 1 aliphatic heterocycles. The van der Waals surface area contributed by atoms with Crippen molar-refractivity contribution in [2.75, 3.05) is 17.3 Å². The zero-order valence-electron chi connectivity index (χ0n) is 16.9. The summed E-state index contributed by atoms with van der Waals surface area (Å²) in [6.45, 7) is 3.37. The second kappa shape index (κ2) is 8.16. The van der Waals surface area contributed by atoms with E-state index in [1.807, 2.05) is 60.4 Å². The van der Waals surface area contributed by atoms with Crippen molar-refractivity contribution in [1.29, 1.82) is 0 Å². The number of aromatic nitrogens is 1. The van der Waals surface area contributed by atoms with E-state index in [4.69, 9.17) is 21.4 Å². The maximum absolute atomic E-state index is 11.7. The first kappa shape index (κ1) is 19.9. The van der Waals surface area contributed by atoms with E-state index in [1.54, 1.807) is 13.3 Å². The largest absolute Gasteiger partial charge is 0.495 e. The molecule has 3 aromatic rings. The van der Waals surface area contributed by atoms with E-state index in [9.17, 15) is 4.79 Å². The second-order valence-electron chi connectivity index (χ2n) is 7.01. The summed E-state index contributed by atoms with van der Waals surface area (Å²) in [6.07, 6.45) is 1.76. The first-order valence-corrected chi connectivity index (χ1v) is 9.91. The summed E-state index contributed by atoms with van der Waals surface area (Å²) >= 11 is 5.70.